The Bertz CT molecular complexity index is 1730. The van der Waals surface area contributed by atoms with Crippen LogP contribution in [-0.4, -0.2) is 87.9 Å². The minimum Gasteiger partial charge on any atom is -0.477 e. The molecular weight excluding hydrogens is 598 g/mol. The van der Waals surface area contributed by atoms with Crippen molar-refractivity contribution in [1.29, 1.82) is 0 Å². The molecule has 43 heavy (non-hydrogen) atoms. The molecule has 4 heterocycles. The lowest BCUT2D eigenvalue weighted by molar-refractivity contribution is -0.150. The normalized spacial score (nSPS) is 18.6. The van der Waals surface area contributed by atoms with Crippen molar-refractivity contribution in [1.82, 2.24) is 34.9 Å². The number of allylic oxidation sites excluding steroid dienone is 1. The molecule has 3 atom stereocenters. The number of carboxylic acids is 1. The van der Waals surface area contributed by atoms with Gasteiger partial charge in [0, 0.05) is 17.5 Å². The standard InChI is InChI=1S/C27H27N7O7S2/c1-3-6-17(43-20-10-9-18-30-34(27(40)41)26(39)33(18)31-20)16-13-42-24-21(23(36)32(24)22(16)25(37)38)29-19(35)11-14-7-4-5-8-15(14)12-28-2/h3-5,7-10,17,21,24,28H,1,6,11-13H2,2H3,(H,29,35)(H,37,38)(H,40,41)/t17?,21?,24-/m0/s1. The fourth-order valence-corrected chi connectivity index (χ4v) is 7.64. The van der Waals surface area contributed by atoms with E-state index in [0.717, 1.165) is 27.4 Å². The summed E-state index contributed by atoms with van der Waals surface area (Å²) in [6.45, 7) is 4.36. The molecule has 0 spiro atoms. The zero-order valence-electron chi connectivity index (χ0n) is 22.8. The summed E-state index contributed by atoms with van der Waals surface area (Å²) in [6, 6.07) is 9.62. The highest BCUT2D eigenvalue weighted by Crippen LogP contribution is 2.44. The van der Waals surface area contributed by atoms with Gasteiger partial charge >= 0.3 is 17.8 Å². The van der Waals surface area contributed by atoms with Crippen molar-refractivity contribution in [2.75, 3.05) is 12.8 Å². The summed E-state index contributed by atoms with van der Waals surface area (Å²) in [6.07, 6.45) is 0.460. The van der Waals surface area contributed by atoms with E-state index in [2.05, 4.69) is 27.4 Å². The molecule has 1 aromatic carbocycles. The van der Waals surface area contributed by atoms with Gasteiger partial charge in [0.05, 0.1) is 6.42 Å². The van der Waals surface area contributed by atoms with E-state index in [4.69, 9.17) is 5.11 Å². The quantitative estimate of drug-likeness (QED) is 0.135. The largest absolute Gasteiger partial charge is 0.477 e. The van der Waals surface area contributed by atoms with Crippen LogP contribution in [0.1, 0.15) is 17.5 Å². The van der Waals surface area contributed by atoms with E-state index in [9.17, 15) is 29.1 Å². The van der Waals surface area contributed by atoms with Gasteiger partial charge in [-0.15, -0.1) is 28.1 Å². The van der Waals surface area contributed by atoms with Gasteiger partial charge in [0.2, 0.25) is 5.91 Å². The van der Waals surface area contributed by atoms with Crippen LogP contribution in [0.3, 0.4) is 0 Å². The molecule has 0 bridgehead atoms. The summed E-state index contributed by atoms with van der Waals surface area (Å²) in [5.74, 6) is -1.87. The molecule has 1 fully saturated rings. The van der Waals surface area contributed by atoms with Gasteiger partial charge in [-0.05, 0) is 42.3 Å². The second-order valence-electron chi connectivity index (χ2n) is 9.66. The van der Waals surface area contributed by atoms with E-state index < -0.39 is 40.3 Å². The number of carbonyl (C=O) groups is 4. The average molecular weight is 626 g/mol. The van der Waals surface area contributed by atoms with Crippen molar-refractivity contribution in [2.24, 2.45) is 0 Å². The maximum Gasteiger partial charge on any atom is 0.436 e. The minimum absolute atomic E-state index is 0.0308. The molecule has 1 saturated heterocycles. The number of rotatable bonds is 11. The number of hydrogen-bond donors (Lipinski definition) is 4. The number of aromatic nitrogens is 4. The number of fused-ring (bicyclic) bond motifs is 2. The first kappa shape index (κ1) is 30.1. The Morgan fingerprint density at radius 3 is 2.58 bits per heavy atom. The third-order valence-corrected chi connectivity index (χ3v) is 9.45. The lowest BCUT2D eigenvalue weighted by Crippen LogP contribution is -2.70. The third-order valence-electron chi connectivity index (χ3n) is 6.92. The smallest absolute Gasteiger partial charge is 0.436 e. The summed E-state index contributed by atoms with van der Waals surface area (Å²) in [7, 11) is 1.81. The highest BCUT2D eigenvalue weighted by molar-refractivity contribution is 8.01. The van der Waals surface area contributed by atoms with Gasteiger partial charge in [-0.25, -0.2) is 14.4 Å². The Labute approximate surface area is 252 Å². The Kier molecular flexibility index (Phi) is 8.70. The number of nitrogens with zero attached hydrogens (tertiary/aromatic N) is 5. The van der Waals surface area contributed by atoms with Gasteiger partial charge in [0.1, 0.15) is 22.1 Å². The molecule has 2 aromatic heterocycles. The van der Waals surface area contributed by atoms with Crippen molar-refractivity contribution in [3.05, 3.63) is 81.9 Å². The number of carbonyl (C=O) groups excluding carboxylic acids is 2. The first-order chi connectivity index (χ1) is 20.6. The Balaban J connectivity index is 1.36. The molecule has 0 radical (unpaired) electrons. The van der Waals surface area contributed by atoms with Crippen molar-refractivity contribution in [3.63, 3.8) is 0 Å². The number of β-lactam (4-membered cyclic amide) rings is 1. The van der Waals surface area contributed by atoms with Gasteiger partial charge in [-0.2, -0.15) is 9.61 Å². The van der Waals surface area contributed by atoms with Gasteiger partial charge in [0.25, 0.3) is 5.91 Å². The van der Waals surface area contributed by atoms with Crippen LogP contribution in [0.4, 0.5) is 4.79 Å². The summed E-state index contributed by atoms with van der Waals surface area (Å²) in [5.41, 5.74) is 1.17. The van der Waals surface area contributed by atoms with E-state index in [1.807, 2.05) is 31.3 Å². The predicted molar refractivity (Wildman–Crippen MR) is 158 cm³/mol. The van der Waals surface area contributed by atoms with Crippen LogP contribution in [0.15, 0.2) is 70.1 Å². The number of benzene rings is 1. The van der Waals surface area contributed by atoms with Crippen molar-refractivity contribution < 1.29 is 29.4 Å². The van der Waals surface area contributed by atoms with Crippen LogP contribution in [0.5, 0.6) is 0 Å². The van der Waals surface area contributed by atoms with Crippen molar-refractivity contribution in [2.45, 2.75) is 41.1 Å². The summed E-state index contributed by atoms with van der Waals surface area (Å²) >= 11 is 2.50. The number of amides is 2. The van der Waals surface area contributed by atoms with Crippen molar-refractivity contribution >= 4 is 53.0 Å². The number of carboxylic acid groups (broad SMARTS) is 2. The maximum atomic E-state index is 13.2. The first-order valence-corrected chi connectivity index (χ1v) is 15.0. The monoisotopic (exact) mass is 625 g/mol. The fraction of sp³-hybridized carbons (Fsp3) is 0.296. The third kappa shape index (κ3) is 5.80. The summed E-state index contributed by atoms with van der Waals surface area (Å²) < 4.78 is 1.12. The molecule has 0 saturated carbocycles. The Morgan fingerprint density at radius 1 is 1.16 bits per heavy atom. The molecule has 2 aliphatic heterocycles. The van der Waals surface area contributed by atoms with E-state index in [1.54, 1.807) is 12.1 Å². The molecule has 5 rings (SSSR count). The lowest BCUT2D eigenvalue weighted by atomic mass is 9.99. The number of aliphatic carboxylic acids is 1. The van der Waals surface area contributed by atoms with E-state index in [-0.39, 0.29) is 34.1 Å². The molecule has 4 N–H and O–H groups in total. The SMILES string of the molecule is C=CCC(Sc1ccc2nn(C(=O)O)c(=O)n2n1)C1=C(C(=O)O)N2C(=O)C(NC(=O)Cc3ccccc3CNC)[C@@H]2SC1. The second-order valence-corrected chi connectivity index (χ2v) is 12.0. The fourth-order valence-electron chi connectivity index (χ4n) is 4.98. The van der Waals surface area contributed by atoms with E-state index in [1.165, 1.54) is 22.7 Å². The summed E-state index contributed by atoms with van der Waals surface area (Å²) in [5, 5.41) is 32.3. The molecular formula is C27H27N7O7S2. The highest BCUT2D eigenvalue weighted by Gasteiger charge is 2.54. The van der Waals surface area contributed by atoms with Crippen LogP contribution in [-0.2, 0) is 27.3 Å². The van der Waals surface area contributed by atoms with Gasteiger partial charge in [-0.1, -0.05) is 42.1 Å². The van der Waals surface area contributed by atoms with Crippen LogP contribution < -0.4 is 16.3 Å². The molecule has 14 nitrogen and oxygen atoms in total. The number of thioether (sulfide) groups is 2. The van der Waals surface area contributed by atoms with Crippen molar-refractivity contribution in [3.8, 4) is 0 Å². The molecule has 224 valence electrons. The average Bonchev–Trinajstić information content (AvgIpc) is 3.31. The number of hydrogen-bond acceptors (Lipinski definition) is 10. The minimum atomic E-state index is -1.55. The van der Waals surface area contributed by atoms with E-state index >= 15 is 0 Å². The molecule has 2 unspecified atom stereocenters. The predicted octanol–water partition coefficient (Wildman–Crippen LogP) is 1.15. The van der Waals surface area contributed by atoms with Gasteiger partial charge < -0.3 is 20.8 Å². The molecule has 16 heteroatoms. The van der Waals surface area contributed by atoms with Crippen LogP contribution in [0, 0.1) is 0 Å². The Hall–Kier alpha value is -4.41. The van der Waals surface area contributed by atoms with E-state index in [0.29, 0.717) is 23.6 Å². The molecule has 3 aromatic rings. The van der Waals surface area contributed by atoms with Gasteiger partial charge in [-0.3, -0.25) is 14.5 Å². The number of nitrogens with one attached hydrogen (secondary N) is 2. The van der Waals surface area contributed by atoms with Gasteiger partial charge in [0.15, 0.2) is 5.65 Å². The van der Waals surface area contributed by atoms with Crippen LogP contribution in [0.2, 0.25) is 0 Å². The zero-order chi connectivity index (χ0) is 30.8. The first-order valence-electron chi connectivity index (χ1n) is 13.1. The maximum absolute atomic E-state index is 13.2. The molecule has 2 amide bonds. The van der Waals surface area contributed by atoms with Crippen LogP contribution >= 0.6 is 23.5 Å². The molecule has 0 aliphatic carbocycles. The zero-order valence-corrected chi connectivity index (χ0v) is 24.4. The summed E-state index contributed by atoms with van der Waals surface area (Å²) in [4.78, 5) is 63.5. The lowest BCUT2D eigenvalue weighted by Gasteiger charge is -2.50. The Morgan fingerprint density at radius 2 is 1.91 bits per heavy atom. The second kappa shape index (κ2) is 12.4. The molecule has 2 aliphatic rings. The topological polar surface area (TPSA) is 188 Å². The van der Waals surface area contributed by atoms with Crippen LogP contribution in [0.25, 0.3) is 5.65 Å². The highest BCUT2D eigenvalue weighted by atomic mass is 32.2.